The van der Waals surface area contributed by atoms with Crippen LogP contribution in [-0.2, 0) is 0 Å². The molecule has 0 heterocycles. The monoisotopic (exact) mass is 259 g/mol. The van der Waals surface area contributed by atoms with Crippen molar-refractivity contribution in [2.45, 2.75) is 11.3 Å². The van der Waals surface area contributed by atoms with E-state index in [2.05, 4.69) is 28.6 Å². The minimum absolute atomic E-state index is 0.0466. The SMILES string of the molecule is Nc1ccc(S)cc1C(=O)CCBr. The van der Waals surface area contributed by atoms with Crippen LogP contribution in [0.25, 0.3) is 0 Å². The average molecular weight is 260 g/mol. The predicted molar refractivity (Wildman–Crippen MR) is 60.8 cm³/mol. The molecule has 2 N–H and O–H groups in total. The number of nitrogens with two attached hydrogens (primary N) is 1. The lowest BCUT2D eigenvalue weighted by Gasteiger charge is -2.03. The molecule has 0 unspecified atom stereocenters. The fraction of sp³-hybridized carbons (Fsp3) is 0.222. The molecule has 13 heavy (non-hydrogen) atoms. The maximum absolute atomic E-state index is 11.5. The lowest BCUT2D eigenvalue weighted by atomic mass is 10.1. The number of hydrogen-bond donors (Lipinski definition) is 2. The van der Waals surface area contributed by atoms with Gasteiger partial charge in [-0.05, 0) is 18.2 Å². The molecule has 0 bridgehead atoms. The number of carbonyl (C=O) groups is 1. The number of Topliss-reactive ketones (excluding diaryl/α,β-unsaturated/α-hetero) is 1. The first-order valence-electron chi connectivity index (χ1n) is 3.83. The van der Waals surface area contributed by atoms with E-state index in [0.717, 1.165) is 4.90 Å². The minimum atomic E-state index is 0.0466. The summed E-state index contributed by atoms with van der Waals surface area (Å²) in [5.41, 5.74) is 6.73. The number of carbonyl (C=O) groups excluding carboxylic acids is 1. The second-order valence-electron chi connectivity index (χ2n) is 2.63. The Hall–Kier alpha value is -0.480. The molecule has 1 aromatic carbocycles. The van der Waals surface area contributed by atoms with Crippen molar-refractivity contribution >= 4 is 40.0 Å². The van der Waals surface area contributed by atoms with Gasteiger partial charge in [0.25, 0.3) is 0 Å². The summed E-state index contributed by atoms with van der Waals surface area (Å²) in [5, 5.41) is 0.655. The summed E-state index contributed by atoms with van der Waals surface area (Å²) < 4.78 is 0. The van der Waals surface area contributed by atoms with E-state index in [0.29, 0.717) is 23.0 Å². The second-order valence-corrected chi connectivity index (χ2v) is 3.94. The molecule has 0 amide bonds. The van der Waals surface area contributed by atoms with E-state index < -0.39 is 0 Å². The van der Waals surface area contributed by atoms with Gasteiger partial charge in [-0.3, -0.25) is 4.79 Å². The number of anilines is 1. The number of hydrogen-bond acceptors (Lipinski definition) is 3. The van der Waals surface area contributed by atoms with Gasteiger partial charge < -0.3 is 5.73 Å². The number of ketones is 1. The third kappa shape index (κ3) is 2.74. The fourth-order valence-electron chi connectivity index (χ4n) is 1.01. The van der Waals surface area contributed by atoms with E-state index in [-0.39, 0.29) is 5.78 Å². The number of nitrogen functional groups attached to an aromatic ring is 1. The minimum Gasteiger partial charge on any atom is -0.398 e. The van der Waals surface area contributed by atoms with Gasteiger partial charge in [0.05, 0.1) is 0 Å². The Bertz CT molecular complexity index is 327. The quantitative estimate of drug-likeness (QED) is 0.379. The predicted octanol–water partition coefficient (Wildman–Crippen LogP) is 2.53. The third-order valence-electron chi connectivity index (χ3n) is 1.66. The molecule has 0 saturated heterocycles. The van der Waals surface area contributed by atoms with Crippen LogP contribution in [0.3, 0.4) is 0 Å². The molecule has 0 aliphatic heterocycles. The Morgan fingerprint density at radius 2 is 2.23 bits per heavy atom. The van der Waals surface area contributed by atoms with Crippen molar-refractivity contribution in [3.8, 4) is 0 Å². The Morgan fingerprint density at radius 1 is 1.54 bits per heavy atom. The van der Waals surface area contributed by atoms with Gasteiger partial charge in [0.15, 0.2) is 5.78 Å². The molecule has 0 saturated carbocycles. The van der Waals surface area contributed by atoms with Gasteiger partial charge in [-0.15, -0.1) is 12.6 Å². The molecule has 1 aromatic rings. The Kier molecular flexibility index (Phi) is 3.81. The van der Waals surface area contributed by atoms with Crippen LogP contribution in [0.4, 0.5) is 5.69 Å². The zero-order valence-corrected chi connectivity index (χ0v) is 9.44. The first-order valence-corrected chi connectivity index (χ1v) is 5.39. The molecule has 4 heteroatoms. The summed E-state index contributed by atoms with van der Waals surface area (Å²) in [6, 6.07) is 5.16. The molecule has 0 radical (unpaired) electrons. The molecule has 2 nitrogen and oxygen atoms in total. The molecule has 0 aliphatic carbocycles. The molecular weight excluding hydrogens is 250 g/mol. The van der Waals surface area contributed by atoms with Crippen LogP contribution in [0.1, 0.15) is 16.8 Å². The van der Waals surface area contributed by atoms with E-state index in [4.69, 9.17) is 5.73 Å². The normalized spacial score (nSPS) is 10.0. The third-order valence-corrected chi connectivity index (χ3v) is 2.33. The van der Waals surface area contributed by atoms with Crippen molar-refractivity contribution in [2.24, 2.45) is 0 Å². The zero-order chi connectivity index (χ0) is 9.84. The van der Waals surface area contributed by atoms with Gasteiger partial charge in [0.2, 0.25) is 0 Å². The largest absolute Gasteiger partial charge is 0.398 e. The van der Waals surface area contributed by atoms with Crippen LogP contribution in [0.15, 0.2) is 23.1 Å². The smallest absolute Gasteiger partial charge is 0.165 e. The molecule has 1 rings (SSSR count). The average Bonchev–Trinajstić information content (AvgIpc) is 2.09. The second kappa shape index (κ2) is 4.67. The summed E-state index contributed by atoms with van der Waals surface area (Å²) in [6.07, 6.45) is 0.460. The van der Waals surface area contributed by atoms with E-state index in [9.17, 15) is 4.79 Å². The van der Waals surface area contributed by atoms with Gasteiger partial charge in [-0.1, -0.05) is 15.9 Å². The van der Waals surface area contributed by atoms with Crippen molar-refractivity contribution in [2.75, 3.05) is 11.1 Å². The van der Waals surface area contributed by atoms with Crippen molar-refractivity contribution in [1.29, 1.82) is 0 Å². The lowest BCUT2D eigenvalue weighted by molar-refractivity contribution is 0.0990. The molecule has 0 atom stereocenters. The van der Waals surface area contributed by atoms with E-state index in [1.807, 2.05) is 0 Å². The number of alkyl halides is 1. The molecule has 0 fully saturated rings. The van der Waals surface area contributed by atoms with Crippen LogP contribution in [-0.4, -0.2) is 11.1 Å². The van der Waals surface area contributed by atoms with E-state index in [1.54, 1.807) is 18.2 Å². The summed E-state index contributed by atoms with van der Waals surface area (Å²) in [5.74, 6) is 0.0466. The number of thiol groups is 1. The van der Waals surface area contributed by atoms with Crippen LogP contribution in [0, 0.1) is 0 Å². The van der Waals surface area contributed by atoms with Gasteiger partial charge in [-0.25, -0.2) is 0 Å². The zero-order valence-electron chi connectivity index (χ0n) is 6.96. The maximum Gasteiger partial charge on any atom is 0.165 e. The van der Waals surface area contributed by atoms with Crippen LogP contribution in [0.5, 0.6) is 0 Å². The summed E-state index contributed by atoms with van der Waals surface area (Å²) in [6.45, 7) is 0. The highest BCUT2D eigenvalue weighted by molar-refractivity contribution is 9.09. The standard InChI is InChI=1S/C9H10BrNOS/c10-4-3-9(12)7-5-6(13)1-2-8(7)11/h1-2,5,13H,3-4,11H2. The van der Waals surface area contributed by atoms with E-state index >= 15 is 0 Å². The van der Waals surface area contributed by atoms with Crippen LogP contribution < -0.4 is 5.73 Å². The molecule has 70 valence electrons. The van der Waals surface area contributed by atoms with Gasteiger partial charge in [0.1, 0.15) is 0 Å². The molecular formula is C9H10BrNOS. The first-order chi connectivity index (χ1) is 6.15. The lowest BCUT2D eigenvalue weighted by Crippen LogP contribution is -2.04. The Labute approximate surface area is 91.1 Å². The Morgan fingerprint density at radius 3 is 2.85 bits per heavy atom. The first kappa shape index (κ1) is 10.6. The topological polar surface area (TPSA) is 43.1 Å². The number of halogens is 1. The van der Waals surface area contributed by atoms with Crippen LogP contribution in [0.2, 0.25) is 0 Å². The fourth-order valence-corrected chi connectivity index (χ4v) is 1.57. The number of benzene rings is 1. The Balaban J connectivity index is 2.99. The summed E-state index contributed by atoms with van der Waals surface area (Å²) in [7, 11) is 0. The highest BCUT2D eigenvalue weighted by Gasteiger charge is 2.08. The van der Waals surface area contributed by atoms with Crippen molar-refractivity contribution < 1.29 is 4.79 Å². The van der Waals surface area contributed by atoms with E-state index in [1.165, 1.54) is 0 Å². The molecule has 0 spiro atoms. The maximum atomic E-state index is 11.5. The van der Waals surface area contributed by atoms with Crippen molar-refractivity contribution in [3.05, 3.63) is 23.8 Å². The summed E-state index contributed by atoms with van der Waals surface area (Å²) in [4.78, 5) is 12.2. The molecule has 0 aliphatic rings. The highest BCUT2D eigenvalue weighted by Crippen LogP contribution is 2.18. The highest BCUT2D eigenvalue weighted by atomic mass is 79.9. The number of rotatable bonds is 3. The van der Waals surface area contributed by atoms with Gasteiger partial charge >= 0.3 is 0 Å². The van der Waals surface area contributed by atoms with Gasteiger partial charge in [-0.2, -0.15) is 0 Å². The van der Waals surface area contributed by atoms with Crippen LogP contribution >= 0.6 is 28.6 Å². The van der Waals surface area contributed by atoms with Gasteiger partial charge in [0, 0.05) is 27.9 Å². The molecule has 0 aromatic heterocycles. The van der Waals surface area contributed by atoms with Crippen molar-refractivity contribution in [1.82, 2.24) is 0 Å². The summed E-state index contributed by atoms with van der Waals surface area (Å²) >= 11 is 7.35. The van der Waals surface area contributed by atoms with Crippen molar-refractivity contribution in [3.63, 3.8) is 0 Å².